The molecule has 2 saturated heterocycles. The van der Waals surface area contributed by atoms with Crippen molar-refractivity contribution in [2.45, 2.75) is 38.3 Å². The van der Waals surface area contributed by atoms with Gasteiger partial charge in [0.05, 0.1) is 7.11 Å². The van der Waals surface area contributed by atoms with E-state index in [0.717, 1.165) is 42.8 Å². The molecule has 2 unspecified atom stereocenters. The van der Waals surface area contributed by atoms with Crippen LogP contribution in [0.3, 0.4) is 0 Å². The highest BCUT2D eigenvalue weighted by molar-refractivity contribution is 6.00. The molecule has 2 fully saturated rings. The van der Waals surface area contributed by atoms with Gasteiger partial charge in [0.25, 0.3) is 5.91 Å². The van der Waals surface area contributed by atoms with E-state index in [-0.39, 0.29) is 23.9 Å². The van der Waals surface area contributed by atoms with Crippen LogP contribution in [0.15, 0.2) is 42.5 Å². The van der Waals surface area contributed by atoms with Crippen molar-refractivity contribution >= 4 is 17.5 Å². The fourth-order valence-corrected chi connectivity index (χ4v) is 4.10. The van der Waals surface area contributed by atoms with Gasteiger partial charge in [-0.25, -0.2) is 10.9 Å². The second-order valence-electron chi connectivity index (χ2n) is 7.87. The molecular weight excluding hydrogens is 380 g/mol. The van der Waals surface area contributed by atoms with Crippen LogP contribution in [-0.4, -0.2) is 43.0 Å². The Morgan fingerprint density at radius 2 is 1.80 bits per heavy atom. The van der Waals surface area contributed by atoms with Gasteiger partial charge in [0.2, 0.25) is 5.91 Å². The number of likely N-dealkylation sites (tertiary alicyclic amines) is 1. The van der Waals surface area contributed by atoms with Crippen molar-refractivity contribution in [1.29, 1.82) is 0 Å². The zero-order valence-electron chi connectivity index (χ0n) is 17.4. The monoisotopic (exact) mass is 408 g/mol. The number of nitrogens with zero attached hydrogens (tertiary/aromatic N) is 1. The number of methoxy groups -OCH3 is 1. The van der Waals surface area contributed by atoms with E-state index in [9.17, 15) is 9.59 Å². The zero-order valence-corrected chi connectivity index (χ0v) is 17.4. The average Bonchev–Trinajstić information content (AvgIpc) is 3.47. The molecular formula is C23H28N4O3. The number of hydrazine groups is 1. The first-order valence-corrected chi connectivity index (χ1v) is 10.4. The molecule has 4 rings (SSSR count). The maximum atomic E-state index is 12.9. The van der Waals surface area contributed by atoms with Gasteiger partial charge in [-0.3, -0.25) is 9.59 Å². The Balaban J connectivity index is 1.41. The van der Waals surface area contributed by atoms with Crippen molar-refractivity contribution in [1.82, 2.24) is 15.8 Å². The first kappa shape index (κ1) is 20.4. The Bertz CT molecular complexity index is 923. The minimum atomic E-state index is -0.366. The first-order valence-electron chi connectivity index (χ1n) is 10.4. The van der Waals surface area contributed by atoms with Gasteiger partial charge in [0.1, 0.15) is 11.8 Å². The van der Waals surface area contributed by atoms with E-state index in [1.54, 1.807) is 7.11 Å². The van der Waals surface area contributed by atoms with Gasteiger partial charge in [0, 0.05) is 30.4 Å². The molecule has 2 aromatic rings. The van der Waals surface area contributed by atoms with Crippen molar-refractivity contribution < 1.29 is 14.3 Å². The van der Waals surface area contributed by atoms with Crippen LogP contribution in [0.25, 0.3) is 0 Å². The molecule has 2 amide bonds. The summed E-state index contributed by atoms with van der Waals surface area (Å²) < 4.78 is 5.20. The number of amides is 2. The van der Waals surface area contributed by atoms with E-state index in [1.165, 1.54) is 0 Å². The third kappa shape index (κ3) is 4.17. The summed E-state index contributed by atoms with van der Waals surface area (Å²) in [5, 5.41) is 3.00. The van der Waals surface area contributed by atoms with E-state index >= 15 is 0 Å². The highest BCUT2D eigenvalue weighted by Crippen LogP contribution is 2.26. The van der Waals surface area contributed by atoms with Crippen LogP contribution in [0, 0.1) is 6.92 Å². The largest absolute Gasteiger partial charge is 0.497 e. The Labute approximate surface area is 176 Å². The molecule has 7 nitrogen and oxygen atoms in total. The molecule has 0 spiro atoms. The van der Waals surface area contributed by atoms with Crippen molar-refractivity contribution in [2.24, 2.45) is 0 Å². The lowest BCUT2D eigenvalue weighted by Crippen LogP contribution is -2.39. The summed E-state index contributed by atoms with van der Waals surface area (Å²) in [7, 11) is 1.64. The third-order valence-corrected chi connectivity index (χ3v) is 5.95. The number of rotatable bonds is 5. The standard InChI is InChI=1S/C23H28N4O3/c1-15-18(23(29)27-12-3-4-13-27)6-5-7-19(15)24-22(28)21-14-20(25-26-21)16-8-10-17(30-2)11-9-16/h5-11,20-21,25-26H,3-4,12-14H2,1-2H3,(H,24,28). The molecule has 30 heavy (non-hydrogen) atoms. The third-order valence-electron chi connectivity index (χ3n) is 5.95. The van der Waals surface area contributed by atoms with Crippen LogP contribution >= 0.6 is 0 Å². The van der Waals surface area contributed by atoms with Crippen molar-refractivity contribution in [3.05, 3.63) is 59.2 Å². The summed E-state index contributed by atoms with van der Waals surface area (Å²) in [6, 6.07) is 13.0. The predicted octanol–water partition coefficient (Wildman–Crippen LogP) is 2.79. The highest BCUT2D eigenvalue weighted by Gasteiger charge is 2.31. The van der Waals surface area contributed by atoms with Gasteiger partial charge >= 0.3 is 0 Å². The molecule has 0 aromatic heterocycles. The summed E-state index contributed by atoms with van der Waals surface area (Å²) in [5.41, 5.74) is 9.52. The van der Waals surface area contributed by atoms with E-state index < -0.39 is 0 Å². The van der Waals surface area contributed by atoms with E-state index in [0.29, 0.717) is 17.7 Å². The second kappa shape index (κ2) is 8.85. The molecule has 0 radical (unpaired) electrons. The highest BCUT2D eigenvalue weighted by atomic mass is 16.5. The Kier molecular flexibility index (Phi) is 6.01. The molecule has 2 aromatic carbocycles. The van der Waals surface area contributed by atoms with Crippen LogP contribution in [0.2, 0.25) is 0 Å². The number of ether oxygens (including phenoxy) is 1. The van der Waals surface area contributed by atoms with Crippen molar-refractivity contribution in [3.63, 3.8) is 0 Å². The van der Waals surface area contributed by atoms with E-state index in [1.807, 2.05) is 54.3 Å². The summed E-state index contributed by atoms with van der Waals surface area (Å²) >= 11 is 0. The lowest BCUT2D eigenvalue weighted by molar-refractivity contribution is -0.117. The number of hydrogen-bond acceptors (Lipinski definition) is 5. The molecule has 158 valence electrons. The maximum Gasteiger partial charge on any atom is 0.254 e. The number of benzene rings is 2. The van der Waals surface area contributed by atoms with E-state index in [4.69, 9.17) is 4.74 Å². The van der Waals surface area contributed by atoms with Gasteiger partial charge in [-0.15, -0.1) is 0 Å². The summed E-state index contributed by atoms with van der Waals surface area (Å²) in [5.74, 6) is 0.728. The minimum absolute atomic E-state index is 0.0378. The molecule has 2 aliphatic heterocycles. The molecule has 3 N–H and O–H groups in total. The normalized spacial score (nSPS) is 20.9. The number of carbonyl (C=O) groups excluding carboxylic acids is 2. The summed E-state index contributed by atoms with van der Waals surface area (Å²) in [6.45, 7) is 3.50. The number of carbonyl (C=O) groups is 2. The van der Waals surface area contributed by atoms with Crippen LogP contribution in [0.1, 0.15) is 46.8 Å². The van der Waals surface area contributed by atoms with Gasteiger partial charge in [-0.05, 0) is 61.6 Å². The molecule has 2 heterocycles. The van der Waals surface area contributed by atoms with Crippen LogP contribution in [0.4, 0.5) is 5.69 Å². The maximum absolute atomic E-state index is 12.9. The van der Waals surface area contributed by atoms with Gasteiger partial charge < -0.3 is 15.0 Å². The van der Waals surface area contributed by atoms with Crippen LogP contribution in [0.5, 0.6) is 5.75 Å². The fourth-order valence-electron chi connectivity index (χ4n) is 4.10. The molecule has 7 heteroatoms. The van der Waals surface area contributed by atoms with Crippen molar-refractivity contribution in [3.8, 4) is 5.75 Å². The molecule has 0 bridgehead atoms. The summed E-state index contributed by atoms with van der Waals surface area (Å²) in [4.78, 5) is 27.5. The average molecular weight is 409 g/mol. The SMILES string of the molecule is COc1ccc(C2CC(C(=O)Nc3cccc(C(=O)N4CCCC4)c3C)NN2)cc1. The Morgan fingerprint density at radius 1 is 1.07 bits per heavy atom. The van der Waals surface area contributed by atoms with Crippen molar-refractivity contribution in [2.75, 3.05) is 25.5 Å². The molecule has 0 aliphatic carbocycles. The Hall–Kier alpha value is -2.90. The van der Waals surface area contributed by atoms with Gasteiger partial charge in [0.15, 0.2) is 0 Å². The minimum Gasteiger partial charge on any atom is -0.497 e. The molecule has 2 aliphatic rings. The second-order valence-corrected chi connectivity index (χ2v) is 7.87. The van der Waals surface area contributed by atoms with Crippen LogP contribution in [-0.2, 0) is 4.79 Å². The fraction of sp³-hybridized carbons (Fsp3) is 0.391. The molecule has 2 atom stereocenters. The number of anilines is 1. The first-order chi connectivity index (χ1) is 14.6. The zero-order chi connectivity index (χ0) is 21.1. The lowest BCUT2D eigenvalue weighted by Gasteiger charge is -2.19. The lowest BCUT2D eigenvalue weighted by atomic mass is 10.0. The number of nitrogens with one attached hydrogen (secondary N) is 3. The predicted molar refractivity (Wildman–Crippen MR) is 115 cm³/mol. The molecule has 0 saturated carbocycles. The van der Waals surface area contributed by atoms with Gasteiger partial charge in [-0.2, -0.15) is 0 Å². The van der Waals surface area contributed by atoms with Crippen LogP contribution < -0.4 is 20.9 Å². The Morgan fingerprint density at radius 3 is 2.50 bits per heavy atom. The topological polar surface area (TPSA) is 82.7 Å². The summed E-state index contributed by atoms with van der Waals surface area (Å²) in [6.07, 6.45) is 2.73. The quantitative estimate of drug-likeness (QED) is 0.709. The number of hydrogen-bond donors (Lipinski definition) is 3. The van der Waals surface area contributed by atoms with E-state index in [2.05, 4.69) is 16.2 Å². The van der Waals surface area contributed by atoms with Gasteiger partial charge in [-0.1, -0.05) is 18.2 Å². The smallest absolute Gasteiger partial charge is 0.254 e.